The van der Waals surface area contributed by atoms with Gasteiger partial charge in [-0.15, -0.1) is 10.2 Å². The molecule has 0 unspecified atom stereocenters. The molecule has 0 saturated heterocycles. The number of nitrogens with one attached hydrogen (secondary N) is 1. The van der Waals surface area contributed by atoms with Gasteiger partial charge in [0.1, 0.15) is 5.82 Å². The maximum absolute atomic E-state index is 13.7. The molecule has 0 bridgehead atoms. The number of non-ortho nitro benzene ring substituents is 1. The van der Waals surface area contributed by atoms with E-state index in [9.17, 15) is 19.3 Å². The predicted molar refractivity (Wildman–Crippen MR) is 168 cm³/mol. The second-order valence-corrected chi connectivity index (χ2v) is 11.1. The fourth-order valence-electron chi connectivity index (χ4n) is 4.92. The summed E-state index contributed by atoms with van der Waals surface area (Å²) in [5.41, 5.74) is 2.94. The van der Waals surface area contributed by atoms with Crippen molar-refractivity contribution in [2.45, 2.75) is 23.4 Å². The Bertz CT molecular complexity index is 1930. The van der Waals surface area contributed by atoms with E-state index in [1.807, 2.05) is 71.3 Å². The van der Waals surface area contributed by atoms with Gasteiger partial charge in [-0.1, -0.05) is 84.6 Å². The number of nitrogens with zero attached hydrogens (tertiary/aromatic N) is 4. The number of rotatable bonds is 10. The Labute approximate surface area is 256 Å². The van der Waals surface area contributed by atoms with Crippen LogP contribution in [-0.4, -0.2) is 25.6 Å². The predicted octanol–water partition coefficient (Wildman–Crippen LogP) is 7.47. The van der Waals surface area contributed by atoms with Gasteiger partial charge in [0, 0.05) is 29.1 Å². The van der Waals surface area contributed by atoms with E-state index < -0.39 is 11.0 Å². The van der Waals surface area contributed by atoms with E-state index in [1.54, 1.807) is 30.3 Å². The monoisotopic (exact) mass is 603 g/mol. The number of hydrogen-bond donors (Lipinski definition) is 1. The molecule has 0 fully saturated rings. The van der Waals surface area contributed by atoms with Crippen LogP contribution in [0.2, 0.25) is 0 Å². The maximum atomic E-state index is 13.7. The molecule has 6 aromatic rings. The Morgan fingerprint density at radius 1 is 0.841 bits per heavy atom. The average Bonchev–Trinajstić information content (AvgIpc) is 3.48. The van der Waals surface area contributed by atoms with E-state index >= 15 is 0 Å². The zero-order chi connectivity index (χ0) is 30.5. The van der Waals surface area contributed by atoms with Gasteiger partial charge in [-0.05, 0) is 64.7 Å². The van der Waals surface area contributed by atoms with Crippen molar-refractivity contribution in [1.82, 2.24) is 20.1 Å². The second kappa shape index (κ2) is 12.9. The first-order chi connectivity index (χ1) is 21.4. The molecule has 1 N–H and O–H groups in total. The minimum Gasteiger partial charge on any atom is -0.342 e. The van der Waals surface area contributed by atoms with Gasteiger partial charge in [0.15, 0.2) is 11.0 Å². The van der Waals surface area contributed by atoms with Crippen molar-refractivity contribution in [2.75, 3.05) is 0 Å². The van der Waals surface area contributed by atoms with E-state index in [-0.39, 0.29) is 17.4 Å². The van der Waals surface area contributed by atoms with Crippen molar-refractivity contribution in [1.29, 1.82) is 0 Å². The lowest BCUT2D eigenvalue weighted by atomic mass is 10.0. The molecule has 0 saturated carbocycles. The number of carbonyl (C=O) groups excluding carboxylic acids is 1. The van der Waals surface area contributed by atoms with Crippen molar-refractivity contribution in [3.8, 4) is 5.69 Å². The fraction of sp³-hybridized carbons (Fsp3) is 0.0882. The van der Waals surface area contributed by atoms with Crippen LogP contribution in [-0.2, 0) is 12.2 Å². The Morgan fingerprint density at radius 2 is 1.55 bits per heavy atom. The van der Waals surface area contributed by atoms with Gasteiger partial charge in [0.05, 0.1) is 11.0 Å². The summed E-state index contributed by atoms with van der Waals surface area (Å²) in [6, 6.07) is 34.9. The van der Waals surface area contributed by atoms with Crippen LogP contribution >= 0.6 is 11.8 Å². The molecule has 1 atom stereocenters. The van der Waals surface area contributed by atoms with Crippen LogP contribution in [0, 0.1) is 15.9 Å². The van der Waals surface area contributed by atoms with Gasteiger partial charge in [-0.3, -0.25) is 19.5 Å². The lowest BCUT2D eigenvalue weighted by Crippen LogP contribution is -2.32. The zero-order valence-corrected chi connectivity index (χ0v) is 24.2. The SMILES string of the molecule is O=C(N[C@@H](Cc1ccccc1)c1nnc(SCc2ccc(F)cc2)n1-c1ccc([N+](=O)[O-])cc1)c1ccc2ccccc2c1. The van der Waals surface area contributed by atoms with Gasteiger partial charge >= 0.3 is 0 Å². The lowest BCUT2D eigenvalue weighted by Gasteiger charge is -2.20. The van der Waals surface area contributed by atoms with Crippen LogP contribution in [0.1, 0.15) is 33.4 Å². The van der Waals surface area contributed by atoms with Crippen LogP contribution in [0.25, 0.3) is 16.5 Å². The third-order valence-electron chi connectivity index (χ3n) is 7.17. The third-order valence-corrected chi connectivity index (χ3v) is 8.17. The minimum absolute atomic E-state index is 0.0469. The highest BCUT2D eigenvalue weighted by atomic mass is 32.2. The topological polar surface area (TPSA) is 103 Å². The van der Waals surface area contributed by atoms with Crippen LogP contribution in [0.5, 0.6) is 0 Å². The van der Waals surface area contributed by atoms with Crippen LogP contribution in [0.3, 0.4) is 0 Å². The van der Waals surface area contributed by atoms with Crippen molar-refractivity contribution >= 4 is 34.1 Å². The normalized spacial score (nSPS) is 11.8. The standard InChI is InChI=1S/C34H26FN5O3S/c35-28-14-10-24(11-15-28)22-44-34-38-37-32(39(34)29-16-18-30(19-17-29)40(42)43)31(20-23-6-2-1-3-7-23)36-33(41)27-13-12-25-8-4-5-9-26(25)21-27/h1-19,21,31H,20,22H2,(H,36,41)/t31-/m0/s1. The molecule has 0 aliphatic carbocycles. The summed E-state index contributed by atoms with van der Waals surface area (Å²) >= 11 is 1.39. The number of halogens is 1. The van der Waals surface area contributed by atoms with Crippen LogP contribution < -0.4 is 5.32 Å². The number of hydrogen-bond acceptors (Lipinski definition) is 6. The van der Waals surface area contributed by atoms with Crippen LogP contribution in [0.4, 0.5) is 10.1 Å². The first kappa shape index (κ1) is 28.8. The highest BCUT2D eigenvalue weighted by molar-refractivity contribution is 7.98. The maximum Gasteiger partial charge on any atom is 0.269 e. The number of amides is 1. The number of nitro groups is 1. The Morgan fingerprint density at radius 3 is 2.27 bits per heavy atom. The minimum atomic E-state index is -0.598. The van der Waals surface area contributed by atoms with E-state index in [0.717, 1.165) is 21.9 Å². The van der Waals surface area contributed by atoms with Gasteiger partial charge < -0.3 is 5.32 Å². The summed E-state index contributed by atoms with van der Waals surface area (Å²) in [4.78, 5) is 24.6. The summed E-state index contributed by atoms with van der Waals surface area (Å²) in [7, 11) is 0. The quantitative estimate of drug-likeness (QED) is 0.0990. The molecule has 1 heterocycles. The molecule has 5 aromatic carbocycles. The summed E-state index contributed by atoms with van der Waals surface area (Å²) < 4.78 is 15.3. The smallest absolute Gasteiger partial charge is 0.269 e. The molecule has 8 nitrogen and oxygen atoms in total. The molecule has 0 spiro atoms. The molecule has 10 heteroatoms. The lowest BCUT2D eigenvalue weighted by molar-refractivity contribution is -0.384. The second-order valence-electron chi connectivity index (χ2n) is 10.1. The highest BCUT2D eigenvalue weighted by Gasteiger charge is 2.26. The van der Waals surface area contributed by atoms with Gasteiger partial charge in [0.25, 0.3) is 11.6 Å². The van der Waals surface area contributed by atoms with E-state index in [2.05, 4.69) is 15.5 Å². The van der Waals surface area contributed by atoms with Crippen molar-refractivity contribution in [3.63, 3.8) is 0 Å². The van der Waals surface area contributed by atoms with Crippen molar-refractivity contribution in [2.24, 2.45) is 0 Å². The number of aromatic nitrogens is 3. The molecule has 1 amide bonds. The van der Waals surface area contributed by atoms with Crippen molar-refractivity contribution < 1.29 is 14.1 Å². The largest absolute Gasteiger partial charge is 0.342 e. The number of nitro benzene ring substituents is 1. The Kier molecular flexibility index (Phi) is 8.42. The van der Waals surface area contributed by atoms with Crippen molar-refractivity contribution in [3.05, 3.63) is 160 Å². The van der Waals surface area contributed by atoms with Gasteiger partial charge in [-0.25, -0.2) is 4.39 Å². The first-order valence-electron chi connectivity index (χ1n) is 13.9. The fourth-order valence-corrected chi connectivity index (χ4v) is 5.84. The summed E-state index contributed by atoms with van der Waals surface area (Å²) in [5.74, 6) is 0.368. The molecular weight excluding hydrogens is 577 g/mol. The van der Waals surface area contributed by atoms with E-state index in [4.69, 9.17) is 0 Å². The summed E-state index contributed by atoms with van der Waals surface area (Å²) in [5, 5.41) is 26.1. The molecule has 0 aliphatic rings. The summed E-state index contributed by atoms with van der Waals surface area (Å²) in [6.07, 6.45) is 0.425. The molecule has 218 valence electrons. The number of carbonyl (C=O) groups is 1. The Hall–Kier alpha value is -5.35. The third kappa shape index (κ3) is 6.50. The molecule has 0 aliphatic heterocycles. The molecular formula is C34H26FN5O3S. The zero-order valence-electron chi connectivity index (χ0n) is 23.3. The number of fused-ring (bicyclic) bond motifs is 1. The average molecular weight is 604 g/mol. The first-order valence-corrected chi connectivity index (χ1v) is 14.8. The van der Waals surface area contributed by atoms with E-state index in [0.29, 0.717) is 34.4 Å². The molecule has 6 rings (SSSR count). The van der Waals surface area contributed by atoms with Gasteiger partial charge in [-0.2, -0.15) is 0 Å². The molecule has 44 heavy (non-hydrogen) atoms. The van der Waals surface area contributed by atoms with E-state index in [1.165, 1.54) is 36.0 Å². The van der Waals surface area contributed by atoms with Crippen LogP contribution in [0.15, 0.2) is 126 Å². The molecule has 1 aromatic heterocycles. The van der Waals surface area contributed by atoms with Gasteiger partial charge in [0.2, 0.25) is 0 Å². The number of benzene rings is 5. The number of thioether (sulfide) groups is 1. The molecule has 0 radical (unpaired) electrons. The summed E-state index contributed by atoms with van der Waals surface area (Å²) in [6.45, 7) is 0. The highest BCUT2D eigenvalue weighted by Crippen LogP contribution is 2.30. The Balaban J connectivity index is 1.39.